The van der Waals surface area contributed by atoms with E-state index in [9.17, 15) is 0 Å². The van der Waals surface area contributed by atoms with Crippen molar-refractivity contribution < 1.29 is 0 Å². The van der Waals surface area contributed by atoms with Crippen molar-refractivity contribution >= 4 is 27.5 Å². The Balaban J connectivity index is 2.01. The summed E-state index contributed by atoms with van der Waals surface area (Å²) in [5.41, 5.74) is 3.34. The number of hydrogen-bond donors (Lipinski definition) is 1. The van der Waals surface area contributed by atoms with E-state index < -0.39 is 0 Å². The maximum atomic E-state index is 6.04. The topological polar surface area (TPSA) is 29.9 Å². The van der Waals surface area contributed by atoms with Gasteiger partial charge in [0, 0.05) is 17.2 Å². The minimum Gasteiger partial charge on any atom is -0.312 e. The van der Waals surface area contributed by atoms with Gasteiger partial charge in [0.25, 0.3) is 0 Å². The van der Waals surface area contributed by atoms with Crippen molar-refractivity contribution in [2.45, 2.75) is 33.9 Å². The van der Waals surface area contributed by atoms with Gasteiger partial charge in [0.2, 0.25) is 0 Å². The standard InChI is InChI=1S/C16H21BrClN3/c1-11(2)7-19-8-13-4-5-14(15(17)6-13)9-21-10-16(18)12(3)20-21/h4-6,10-11,19H,7-9H2,1-3H3. The number of nitrogens with zero attached hydrogens (tertiary/aromatic N) is 2. The zero-order chi connectivity index (χ0) is 15.4. The fourth-order valence-electron chi connectivity index (χ4n) is 2.08. The molecule has 1 aromatic carbocycles. The van der Waals surface area contributed by atoms with E-state index >= 15 is 0 Å². The molecule has 0 atom stereocenters. The average Bonchev–Trinajstić information content (AvgIpc) is 2.71. The van der Waals surface area contributed by atoms with Crippen molar-refractivity contribution in [2.24, 2.45) is 5.92 Å². The Morgan fingerprint density at radius 2 is 2.14 bits per heavy atom. The first kappa shape index (κ1) is 16.5. The molecule has 114 valence electrons. The lowest BCUT2D eigenvalue weighted by Crippen LogP contribution is -2.19. The molecule has 0 aliphatic heterocycles. The number of hydrogen-bond acceptors (Lipinski definition) is 2. The van der Waals surface area contributed by atoms with E-state index in [1.807, 2.05) is 17.8 Å². The van der Waals surface area contributed by atoms with E-state index in [-0.39, 0.29) is 0 Å². The van der Waals surface area contributed by atoms with Crippen LogP contribution in [0.15, 0.2) is 28.9 Å². The quantitative estimate of drug-likeness (QED) is 0.816. The molecular weight excluding hydrogens is 350 g/mol. The van der Waals surface area contributed by atoms with Crippen LogP contribution in [0, 0.1) is 12.8 Å². The maximum Gasteiger partial charge on any atom is 0.0815 e. The Morgan fingerprint density at radius 3 is 2.71 bits per heavy atom. The first-order valence-corrected chi connectivity index (χ1v) is 8.30. The summed E-state index contributed by atoms with van der Waals surface area (Å²) in [4.78, 5) is 0. The predicted octanol–water partition coefficient (Wildman–Crippen LogP) is 4.40. The van der Waals surface area contributed by atoms with Crippen LogP contribution < -0.4 is 5.32 Å². The van der Waals surface area contributed by atoms with E-state index in [4.69, 9.17) is 11.6 Å². The summed E-state index contributed by atoms with van der Waals surface area (Å²) in [7, 11) is 0. The predicted molar refractivity (Wildman–Crippen MR) is 91.8 cm³/mol. The lowest BCUT2D eigenvalue weighted by molar-refractivity contribution is 0.552. The molecule has 0 aliphatic carbocycles. The smallest absolute Gasteiger partial charge is 0.0815 e. The summed E-state index contributed by atoms with van der Waals surface area (Å²) in [6, 6.07) is 6.47. The molecule has 0 saturated carbocycles. The highest BCUT2D eigenvalue weighted by molar-refractivity contribution is 9.10. The second kappa shape index (κ2) is 7.43. The van der Waals surface area contributed by atoms with Gasteiger partial charge in [-0.05, 0) is 36.6 Å². The number of benzene rings is 1. The molecule has 0 amide bonds. The van der Waals surface area contributed by atoms with Crippen molar-refractivity contribution in [3.05, 3.63) is 50.7 Å². The first-order valence-electron chi connectivity index (χ1n) is 7.13. The van der Waals surface area contributed by atoms with Crippen LogP contribution in [-0.2, 0) is 13.1 Å². The third-order valence-corrected chi connectivity index (χ3v) is 4.33. The zero-order valence-electron chi connectivity index (χ0n) is 12.7. The molecule has 1 N–H and O–H groups in total. The molecule has 0 aliphatic rings. The minimum atomic E-state index is 0.667. The second-order valence-corrected chi connectivity index (χ2v) is 6.97. The minimum absolute atomic E-state index is 0.667. The van der Waals surface area contributed by atoms with Gasteiger partial charge in [-0.25, -0.2) is 0 Å². The zero-order valence-corrected chi connectivity index (χ0v) is 15.0. The molecule has 0 radical (unpaired) electrons. The number of aryl methyl sites for hydroxylation is 1. The van der Waals surface area contributed by atoms with Crippen molar-refractivity contribution in [3.8, 4) is 0 Å². The van der Waals surface area contributed by atoms with E-state index in [1.54, 1.807) is 0 Å². The normalized spacial score (nSPS) is 11.3. The number of aromatic nitrogens is 2. The van der Waals surface area contributed by atoms with Gasteiger partial charge >= 0.3 is 0 Å². The number of halogens is 2. The molecule has 0 spiro atoms. The van der Waals surface area contributed by atoms with Gasteiger partial charge in [-0.1, -0.05) is 53.5 Å². The SMILES string of the molecule is Cc1nn(Cc2ccc(CNCC(C)C)cc2Br)cc1Cl. The van der Waals surface area contributed by atoms with Crippen LogP contribution in [-0.4, -0.2) is 16.3 Å². The Kier molecular flexibility index (Phi) is 5.85. The molecule has 2 aromatic rings. The summed E-state index contributed by atoms with van der Waals surface area (Å²) in [6.45, 7) is 8.98. The van der Waals surface area contributed by atoms with Crippen LogP contribution in [0.5, 0.6) is 0 Å². The Hall–Kier alpha value is -0.840. The van der Waals surface area contributed by atoms with E-state index in [1.165, 1.54) is 11.1 Å². The molecule has 21 heavy (non-hydrogen) atoms. The van der Waals surface area contributed by atoms with Crippen molar-refractivity contribution in [1.82, 2.24) is 15.1 Å². The van der Waals surface area contributed by atoms with Crippen LogP contribution in [0.3, 0.4) is 0 Å². The van der Waals surface area contributed by atoms with Gasteiger partial charge in [-0.3, -0.25) is 4.68 Å². The molecule has 1 aromatic heterocycles. The third-order valence-electron chi connectivity index (χ3n) is 3.22. The van der Waals surface area contributed by atoms with E-state index in [0.717, 1.165) is 23.3 Å². The van der Waals surface area contributed by atoms with Crippen molar-refractivity contribution in [1.29, 1.82) is 0 Å². The monoisotopic (exact) mass is 369 g/mol. The van der Waals surface area contributed by atoms with Gasteiger partial charge in [0.15, 0.2) is 0 Å². The molecule has 2 rings (SSSR count). The van der Waals surface area contributed by atoms with Gasteiger partial charge in [0.1, 0.15) is 0 Å². The highest BCUT2D eigenvalue weighted by atomic mass is 79.9. The number of nitrogens with one attached hydrogen (secondary N) is 1. The van der Waals surface area contributed by atoms with Gasteiger partial charge in [0.05, 0.1) is 17.3 Å². The summed E-state index contributed by atoms with van der Waals surface area (Å²) in [5.74, 6) is 0.667. The Bertz CT molecular complexity index is 588. The summed E-state index contributed by atoms with van der Waals surface area (Å²) < 4.78 is 2.98. The Labute approximate surface area is 139 Å². The third kappa shape index (κ3) is 4.83. The lowest BCUT2D eigenvalue weighted by atomic mass is 10.1. The fraction of sp³-hybridized carbons (Fsp3) is 0.438. The molecule has 0 saturated heterocycles. The van der Waals surface area contributed by atoms with Crippen molar-refractivity contribution in [2.75, 3.05) is 6.54 Å². The van der Waals surface area contributed by atoms with Crippen LogP contribution in [0.25, 0.3) is 0 Å². The van der Waals surface area contributed by atoms with Crippen LogP contribution in [0.2, 0.25) is 5.02 Å². The molecule has 0 fully saturated rings. The molecule has 3 nitrogen and oxygen atoms in total. The van der Waals surface area contributed by atoms with Crippen molar-refractivity contribution in [3.63, 3.8) is 0 Å². The molecule has 0 unspecified atom stereocenters. The fourth-order valence-corrected chi connectivity index (χ4v) is 2.79. The van der Waals surface area contributed by atoms with Crippen LogP contribution >= 0.6 is 27.5 Å². The first-order chi connectivity index (χ1) is 9.95. The van der Waals surface area contributed by atoms with Gasteiger partial charge in [-0.2, -0.15) is 5.10 Å². The van der Waals surface area contributed by atoms with Crippen LogP contribution in [0.4, 0.5) is 0 Å². The van der Waals surface area contributed by atoms with E-state index in [0.29, 0.717) is 17.5 Å². The summed E-state index contributed by atoms with van der Waals surface area (Å²) >= 11 is 9.69. The molecule has 5 heteroatoms. The second-order valence-electron chi connectivity index (χ2n) is 5.71. The largest absolute Gasteiger partial charge is 0.312 e. The van der Waals surface area contributed by atoms with Gasteiger partial charge in [-0.15, -0.1) is 0 Å². The van der Waals surface area contributed by atoms with Crippen LogP contribution in [0.1, 0.15) is 30.7 Å². The highest BCUT2D eigenvalue weighted by Gasteiger charge is 2.06. The van der Waals surface area contributed by atoms with Gasteiger partial charge < -0.3 is 5.32 Å². The number of rotatable bonds is 6. The van der Waals surface area contributed by atoms with E-state index in [2.05, 4.69) is 58.4 Å². The highest BCUT2D eigenvalue weighted by Crippen LogP contribution is 2.21. The molecular formula is C16H21BrClN3. The maximum absolute atomic E-state index is 6.04. The summed E-state index contributed by atoms with van der Waals surface area (Å²) in [5, 5.41) is 8.55. The molecule has 1 heterocycles. The average molecular weight is 371 g/mol. The molecule has 0 bridgehead atoms. The lowest BCUT2D eigenvalue weighted by Gasteiger charge is -2.10. The summed E-state index contributed by atoms with van der Waals surface area (Å²) in [6.07, 6.45) is 1.86. The Morgan fingerprint density at radius 1 is 1.38 bits per heavy atom.